The molecule has 102 valence electrons. The van der Waals surface area contributed by atoms with E-state index in [-0.39, 0.29) is 11.5 Å². The highest BCUT2D eigenvalue weighted by atomic mass is 16.3. The van der Waals surface area contributed by atoms with Gasteiger partial charge in [-0.15, -0.1) is 0 Å². The maximum Gasteiger partial charge on any atom is 0.0774 e. The Morgan fingerprint density at radius 3 is 2.72 bits per heavy atom. The van der Waals surface area contributed by atoms with Crippen LogP contribution < -0.4 is 0 Å². The number of hydrogen-bond donors (Lipinski definition) is 1. The first-order valence-electron chi connectivity index (χ1n) is 7.52. The molecule has 0 saturated heterocycles. The minimum atomic E-state index is -0.277. The molecule has 0 aromatic heterocycles. The second kappa shape index (κ2) is 5.21. The molecule has 0 saturated carbocycles. The summed E-state index contributed by atoms with van der Waals surface area (Å²) in [6.45, 7) is 6.86. The molecular formula is C17H28O. The van der Waals surface area contributed by atoms with Crippen molar-refractivity contribution in [2.24, 2.45) is 16.7 Å². The number of aliphatic hydroxyl groups is 1. The Balaban J connectivity index is 2.18. The van der Waals surface area contributed by atoms with Crippen LogP contribution in [0.1, 0.15) is 59.3 Å². The van der Waals surface area contributed by atoms with E-state index >= 15 is 0 Å². The van der Waals surface area contributed by atoms with E-state index in [1.165, 1.54) is 19.3 Å². The second-order valence-electron chi connectivity index (χ2n) is 6.80. The molecule has 0 bridgehead atoms. The van der Waals surface area contributed by atoms with Crippen LogP contribution in [-0.2, 0) is 0 Å². The number of allylic oxidation sites excluding steroid dienone is 3. The smallest absolute Gasteiger partial charge is 0.0774 e. The van der Waals surface area contributed by atoms with E-state index in [4.69, 9.17) is 0 Å². The molecule has 4 atom stereocenters. The molecular weight excluding hydrogens is 220 g/mol. The van der Waals surface area contributed by atoms with Crippen LogP contribution in [0.4, 0.5) is 0 Å². The Morgan fingerprint density at radius 1 is 1.22 bits per heavy atom. The maximum atomic E-state index is 10.4. The summed E-state index contributed by atoms with van der Waals surface area (Å²) in [5.74, 6) is 0.780. The fourth-order valence-corrected chi connectivity index (χ4v) is 3.53. The van der Waals surface area contributed by atoms with Crippen LogP contribution >= 0.6 is 0 Å². The van der Waals surface area contributed by atoms with Gasteiger partial charge in [0.1, 0.15) is 0 Å². The normalized spacial score (nSPS) is 46.7. The van der Waals surface area contributed by atoms with Gasteiger partial charge < -0.3 is 5.11 Å². The molecule has 2 aliphatic carbocycles. The van der Waals surface area contributed by atoms with Gasteiger partial charge in [0, 0.05) is 0 Å². The van der Waals surface area contributed by atoms with Gasteiger partial charge in [0.2, 0.25) is 0 Å². The molecule has 0 aliphatic heterocycles. The van der Waals surface area contributed by atoms with E-state index in [2.05, 4.69) is 39.0 Å². The largest absolute Gasteiger partial charge is 0.388 e. The molecule has 4 unspecified atom stereocenters. The Kier molecular flexibility index (Phi) is 4.01. The lowest BCUT2D eigenvalue weighted by atomic mass is 9.69. The summed E-state index contributed by atoms with van der Waals surface area (Å²) < 4.78 is 0. The van der Waals surface area contributed by atoms with Gasteiger partial charge in [-0.2, -0.15) is 0 Å². The zero-order chi connectivity index (χ0) is 13.2. The zero-order valence-electron chi connectivity index (χ0n) is 12.2. The predicted octanol–water partition coefficient (Wildman–Crippen LogP) is 4.48. The van der Waals surface area contributed by atoms with Crippen molar-refractivity contribution in [2.75, 3.05) is 0 Å². The molecule has 0 aromatic carbocycles. The van der Waals surface area contributed by atoms with Crippen LogP contribution in [0.3, 0.4) is 0 Å². The maximum absolute atomic E-state index is 10.4. The lowest BCUT2D eigenvalue weighted by Crippen LogP contribution is -2.33. The second-order valence-corrected chi connectivity index (χ2v) is 6.80. The van der Waals surface area contributed by atoms with Crippen LogP contribution in [0.15, 0.2) is 24.3 Å². The summed E-state index contributed by atoms with van der Waals surface area (Å²) in [6.07, 6.45) is 15.7. The van der Waals surface area contributed by atoms with Gasteiger partial charge in [0.15, 0.2) is 0 Å². The van der Waals surface area contributed by atoms with Crippen molar-refractivity contribution in [3.05, 3.63) is 24.3 Å². The van der Waals surface area contributed by atoms with Gasteiger partial charge in [-0.3, -0.25) is 0 Å². The predicted molar refractivity (Wildman–Crippen MR) is 77.4 cm³/mol. The third-order valence-electron chi connectivity index (χ3n) is 5.61. The summed E-state index contributed by atoms with van der Waals surface area (Å²) >= 11 is 0. The van der Waals surface area contributed by atoms with Gasteiger partial charge >= 0.3 is 0 Å². The highest BCUT2D eigenvalue weighted by Gasteiger charge is 2.37. The molecule has 1 heteroatoms. The third-order valence-corrected chi connectivity index (χ3v) is 5.61. The van der Waals surface area contributed by atoms with Crippen LogP contribution in [0, 0.1) is 16.7 Å². The van der Waals surface area contributed by atoms with Crippen LogP contribution in [0.25, 0.3) is 0 Å². The lowest BCUT2D eigenvalue weighted by Gasteiger charge is -2.38. The van der Waals surface area contributed by atoms with E-state index in [9.17, 15) is 5.11 Å². The Bertz CT molecular complexity index is 344. The molecule has 1 nitrogen and oxygen atoms in total. The number of rotatable bonds is 1. The topological polar surface area (TPSA) is 20.2 Å². The zero-order valence-corrected chi connectivity index (χ0v) is 12.2. The molecule has 0 fully saturated rings. The first-order chi connectivity index (χ1) is 8.50. The van der Waals surface area contributed by atoms with Crippen molar-refractivity contribution < 1.29 is 5.11 Å². The summed E-state index contributed by atoms with van der Waals surface area (Å²) in [7, 11) is 0. The number of aliphatic hydroxyl groups excluding tert-OH is 1. The molecule has 0 spiro atoms. The number of hydrogen-bond acceptors (Lipinski definition) is 1. The lowest BCUT2D eigenvalue weighted by molar-refractivity contribution is 0.0520. The molecule has 0 radical (unpaired) electrons. The standard InChI is InChI=1S/C17H28O/c1-4-16(2)13-10-14-8-7-12-17(14,3)11-6-5-9-15(16)18/h5,7,9,12,14-15,18H,4,6,8,10-11,13H2,1-3H3/b9-5-. The summed E-state index contributed by atoms with van der Waals surface area (Å²) in [4.78, 5) is 0. The van der Waals surface area contributed by atoms with Crippen LogP contribution in [-0.4, -0.2) is 11.2 Å². The third kappa shape index (κ3) is 2.56. The van der Waals surface area contributed by atoms with Crippen LogP contribution in [0.2, 0.25) is 0 Å². The molecule has 0 aromatic rings. The fourth-order valence-electron chi connectivity index (χ4n) is 3.53. The highest BCUT2D eigenvalue weighted by Crippen LogP contribution is 2.47. The molecule has 0 amide bonds. The molecule has 18 heavy (non-hydrogen) atoms. The first-order valence-corrected chi connectivity index (χ1v) is 7.52. The van der Waals surface area contributed by atoms with E-state index < -0.39 is 0 Å². The van der Waals surface area contributed by atoms with Crippen molar-refractivity contribution in [3.8, 4) is 0 Å². The highest BCUT2D eigenvalue weighted by molar-refractivity contribution is 5.11. The minimum absolute atomic E-state index is 0.0529. The van der Waals surface area contributed by atoms with Gasteiger partial charge in [0.25, 0.3) is 0 Å². The Hall–Kier alpha value is -0.560. The van der Waals surface area contributed by atoms with E-state index in [0.717, 1.165) is 25.2 Å². The van der Waals surface area contributed by atoms with Gasteiger partial charge in [-0.1, -0.05) is 45.1 Å². The van der Waals surface area contributed by atoms with Gasteiger partial charge in [0.05, 0.1) is 6.10 Å². The molecule has 2 aliphatic rings. The molecule has 1 N–H and O–H groups in total. The van der Waals surface area contributed by atoms with Crippen molar-refractivity contribution >= 4 is 0 Å². The number of fused-ring (bicyclic) bond motifs is 1. The van der Waals surface area contributed by atoms with E-state index in [1.54, 1.807) is 0 Å². The molecule has 0 heterocycles. The van der Waals surface area contributed by atoms with Crippen molar-refractivity contribution in [2.45, 2.75) is 65.4 Å². The first kappa shape index (κ1) is 13.9. The van der Waals surface area contributed by atoms with Crippen molar-refractivity contribution in [1.29, 1.82) is 0 Å². The minimum Gasteiger partial charge on any atom is -0.388 e. The fraction of sp³-hybridized carbons (Fsp3) is 0.765. The van der Waals surface area contributed by atoms with Crippen molar-refractivity contribution in [3.63, 3.8) is 0 Å². The van der Waals surface area contributed by atoms with Gasteiger partial charge in [-0.25, -0.2) is 0 Å². The average Bonchev–Trinajstić information content (AvgIpc) is 2.72. The van der Waals surface area contributed by atoms with E-state index in [1.807, 2.05) is 6.08 Å². The van der Waals surface area contributed by atoms with E-state index in [0.29, 0.717) is 5.41 Å². The summed E-state index contributed by atoms with van der Waals surface area (Å²) in [5.41, 5.74) is 0.443. The molecule has 2 rings (SSSR count). The monoisotopic (exact) mass is 248 g/mol. The quantitative estimate of drug-likeness (QED) is 0.678. The van der Waals surface area contributed by atoms with Gasteiger partial charge in [-0.05, 0) is 55.3 Å². The van der Waals surface area contributed by atoms with Crippen LogP contribution in [0.5, 0.6) is 0 Å². The summed E-state index contributed by atoms with van der Waals surface area (Å²) in [6, 6.07) is 0. The average molecular weight is 248 g/mol. The Morgan fingerprint density at radius 2 is 2.00 bits per heavy atom. The van der Waals surface area contributed by atoms with Crippen molar-refractivity contribution in [1.82, 2.24) is 0 Å². The summed E-state index contributed by atoms with van der Waals surface area (Å²) in [5, 5.41) is 10.4. The Labute approximate surface area is 112 Å². The SMILES string of the molecule is CCC1(C)CCC2CC=CC2(C)CC/C=C\C1O.